The normalized spacial score (nSPS) is 10.3. The molecule has 0 saturated carbocycles. The van der Waals surface area contributed by atoms with E-state index in [0.29, 0.717) is 52.1 Å². The quantitative estimate of drug-likeness (QED) is 0.458. The van der Waals surface area contributed by atoms with Gasteiger partial charge in [-0.25, -0.2) is 0 Å². The summed E-state index contributed by atoms with van der Waals surface area (Å²) in [7, 11) is 1.55. The Bertz CT molecular complexity index is 1100. The molecule has 9 nitrogen and oxygen atoms in total. The lowest BCUT2D eigenvalue weighted by molar-refractivity contribution is -0.115. The first-order valence-corrected chi connectivity index (χ1v) is 10.8. The Kier molecular flexibility index (Phi) is 7.87. The topological polar surface area (TPSA) is 122 Å². The van der Waals surface area contributed by atoms with Gasteiger partial charge in [-0.3, -0.25) is 19.7 Å². The molecule has 0 aliphatic rings. The Balaban J connectivity index is 1.48. The van der Waals surface area contributed by atoms with E-state index in [2.05, 4.69) is 26.1 Å². The third-order valence-electron chi connectivity index (χ3n) is 4.40. The summed E-state index contributed by atoms with van der Waals surface area (Å²) in [4.78, 5) is 36.1. The summed E-state index contributed by atoms with van der Waals surface area (Å²) in [5.41, 5.74) is 1.57. The lowest BCUT2D eigenvalue weighted by Crippen LogP contribution is -2.25. The van der Waals surface area contributed by atoms with Crippen molar-refractivity contribution in [1.82, 2.24) is 15.5 Å². The first kappa shape index (κ1) is 22.9. The molecule has 3 amide bonds. The monoisotopic (exact) mass is 453 g/mol. The molecule has 10 heteroatoms. The molecule has 3 rings (SSSR count). The second-order valence-electron chi connectivity index (χ2n) is 6.67. The molecule has 0 unspecified atom stereocenters. The van der Waals surface area contributed by atoms with Crippen LogP contribution in [-0.4, -0.2) is 41.6 Å². The molecule has 0 bridgehead atoms. The zero-order valence-corrected chi connectivity index (χ0v) is 18.5. The van der Waals surface area contributed by atoms with Crippen LogP contribution < -0.4 is 20.7 Å². The number of rotatable bonds is 9. The maximum Gasteiger partial charge on any atom is 0.257 e. The molecular formula is C22H23N5O4S. The van der Waals surface area contributed by atoms with Crippen molar-refractivity contribution in [2.24, 2.45) is 0 Å². The van der Waals surface area contributed by atoms with Crippen LogP contribution in [0, 0.1) is 0 Å². The van der Waals surface area contributed by atoms with Crippen molar-refractivity contribution in [2.75, 3.05) is 24.3 Å². The van der Waals surface area contributed by atoms with Gasteiger partial charge in [-0.05, 0) is 42.5 Å². The van der Waals surface area contributed by atoms with Crippen LogP contribution in [0.25, 0.3) is 0 Å². The minimum Gasteiger partial charge on any atom is -0.497 e. The lowest BCUT2D eigenvalue weighted by atomic mass is 10.2. The fraction of sp³-hybridized carbons (Fsp3) is 0.227. The molecule has 0 atom stereocenters. The summed E-state index contributed by atoms with van der Waals surface area (Å²) in [6.45, 7) is 2.14. The Morgan fingerprint density at radius 1 is 0.969 bits per heavy atom. The number of aromatic nitrogens is 2. The minimum atomic E-state index is -0.326. The lowest BCUT2D eigenvalue weighted by Gasteiger charge is -2.05. The number of ether oxygens (including phenoxy) is 1. The van der Waals surface area contributed by atoms with E-state index in [4.69, 9.17) is 4.74 Å². The highest BCUT2D eigenvalue weighted by Gasteiger charge is 2.12. The zero-order chi connectivity index (χ0) is 22.9. The van der Waals surface area contributed by atoms with Crippen molar-refractivity contribution in [3.8, 4) is 5.75 Å². The molecule has 3 aromatic rings. The highest BCUT2D eigenvalue weighted by Crippen LogP contribution is 2.18. The number of benzene rings is 2. The molecule has 2 aromatic carbocycles. The summed E-state index contributed by atoms with van der Waals surface area (Å²) in [6, 6.07) is 13.5. The van der Waals surface area contributed by atoms with Crippen LogP contribution in [-0.2, 0) is 11.2 Å². The van der Waals surface area contributed by atoms with Crippen LogP contribution in [0.2, 0.25) is 0 Å². The third kappa shape index (κ3) is 6.35. The average molecular weight is 454 g/mol. The molecule has 3 N–H and O–H groups in total. The van der Waals surface area contributed by atoms with E-state index >= 15 is 0 Å². The molecule has 0 aliphatic carbocycles. The molecular weight excluding hydrogens is 430 g/mol. The van der Waals surface area contributed by atoms with Crippen LogP contribution in [0.5, 0.6) is 5.75 Å². The first-order chi connectivity index (χ1) is 15.5. The van der Waals surface area contributed by atoms with Gasteiger partial charge < -0.3 is 15.4 Å². The molecule has 0 radical (unpaired) electrons. The van der Waals surface area contributed by atoms with Gasteiger partial charge in [0.05, 0.1) is 7.11 Å². The number of nitrogens with zero attached hydrogens (tertiary/aromatic N) is 2. The maximum atomic E-state index is 12.4. The first-order valence-electron chi connectivity index (χ1n) is 9.94. The van der Waals surface area contributed by atoms with E-state index in [0.717, 1.165) is 0 Å². The van der Waals surface area contributed by atoms with Gasteiger partial charge in [0.2, 0.25) is 11.0 Å². The molecule has 0 spiro atoms. The second kappa shape index (κ2) is 11.0. The summed E-state index contributed by atoms with van der Waals surface area (Å²) in [6.07, 6.45) is 0.862. The van der Waals surface area contributed by atoms with E-state index in [1.165, 1.54) is 11.3 Å². The molecule has 1 heterocycles. The van der Waals surface area contributed by atoms with Crippen LogP contribution in [0.4, 0.5) is 10.8 Å². The number of carbonyl (C=O) groups is 3. The standard InChI is InChI=1S/C22H23N5O4S/c1-3-18(28)24-16-9-7-14(8-10-16)21(30)25-22-27-26-19(32-22)11-12-23-20(29)15-5-4-6-17(13-15)31-2/h4-10,13H,3,11-12H2,1-2H3,(H,23,29)(H,24,28)(H,25,27,30). The third-order valence-corrected chi connectivity index (χ3v) is 5.29. The van der Waals surface area contributed by atoms with E-state index in [-0.39, 0.29) is 17.7 Å². The largest absolute Gasteiger partial charge is 0.497 e. The Morgan fingerprint density at radius 3 is 2.47 bits per heavy atom. The van der Waals surface area contributed by atoms with Gasteiger partial charge in [0, 0.05) is 36.2 Å². The highest BCUT2D eigenvalue weighted by molar-refractivity contribution is 7.15. The van der Waals surface area contributed by atoms with Gasteiger partial charge in [0.25, 0.3) is 11.8 Å². The van der Waals surface area contributed by atoms with Gasteiger partial charge >= 0.3 is 0 Å². The smallest absolute Gasteiger partial charge is 0.257 e. The van der Waals surface area contributed by atoms with Crippen molar-refractivity contribution in [1.29, 1.82) is 0 Å². The van der Waals surface area contributed by atoms with Crippen molar-refractivity contribution >= 4 is 39.9 Å². The number of amides is 3. The number of hydrogen-bond acceptors (Lipinski definition) is 7. The van der Waals surface area contributed by atoms with Crippen LogP contribution in [0.1, 0.15) is 39.1 Å². The fourth-order valence-electron chi connectivity index (χ4n) is 2.68. The van der Waals surface area contributed by atoms with Gasteiger partial charge in [0.15, 0.2) is 0 Å². The van der Waals surface area contributed by atoms with Crippen LogP contribution >= 0.6 is 11.3 Å². The number of carbonyl (C=O) groups excluding carboxylic acids is 3. The second-order valence-corrected chi connectivity index (χ2v) is 7.73. The van der Waals surface area contributed by atoms with Crippen LogP contribution in [0.15, 0.2) is 48.5 Å². The van der Waals surface area contributed by atoms with E-state index in [1.807, 2.05) is 0 Å². The summed E-state index contributed by atoms with van der Waals surface area (Å²) >= 11 is 1.24. The van der Waals surface area contributed by atoms with Gasteiger partial charge in [-0.15, -0.1) is 10.2 Å². The number of nitrogens with one attached hydrogen (secondary N) is 3. The SMILES string of the molecule is CCC(=O)Nc1ccc(C(=O)Nc2nnc(CCNC(=O)c3cccc(OC)c3)s2)cc1. The van der Waals surface area contributed by atoms with Gasteiger partial charge in [-0.1, -0.05) is 24.3 Å². The number of hydrogen-bond donors (Lipinski definition) is 3. The highest BCUT2D eigenvalue weighted by atomic mass is 32.1. The predicted molar refractivity (Wildman–Crippen MR) is 122 cm³/mol. The van der Waals surface area contributed by atoms with E-state index < -0.39 is 0 Å². The van der Waals surface area contributed by atoms with E-state index in [9.17, 15) is 14.4 Å². The van der Waals surface area contributed by atoms with Crippen molar-refractivity contribution < 1.29 is 19.1 Å². The van der Waals surface area contributed by atoms with Crippen LogP contribution in [0.3, 0.4) is 0 Å². The predicted octanol–water partition coefficient (Wildman–Crippen LogP) is 3.12. The summed E-state index contributed by atoms with van der Waals surface area (Å²) < 4.78 is 5.12. The van der Waals surface area contributed by atoms with Gasteiger partial charge in [-0.2, -0.15) is 0 Å². The summed E-state index contributed by atoms with van der Waals surface area (Å²) in [5, 5.41) is 17.3. The Morgan fingerprint density at radius 2 is 1.75 bits per heavy atom. The molecule has 0 fully saturated rings. The Hall–Kier alpha value is -3.79. The fourth-order valence-corrected chi connectivity index (χ4v) is 3.41. The van der Waals surface area contributed by atoms with Crippen molar-refractivity contribution in [2.45, 2.75) is 19.8 Å². The molecule has 1 aromatic heterocycles. The average Bonchev–Trinajstić information content (AvgIpc) is 3.26. The van der Waals surface area contributed by atoms with Gasteiger partial charge in [0.1, 0.15) is 10.8 Å². The van der Waals surface area contributed by atoms with Crippen molar-refractivity contribution in [3.63, 3.8) is 0 Å². The summed E-state index contributed by atoms with van der Waals surface area (Å²) in [5.74, 6) is -0.0151. The molecule has 0 aliphatic heterocycles. The molecule has 0 saturated heterocycles. The maximum absolute atomic E-state index is 12.4. The van der Waals surface area contributed by atoms with Crippen molar-refractivity contribution in [3.05, 3.63) is 64.7 Å². The minimum absolute atomic E-state index is 0.0942. The zero-order valence-electron chi connectivity index (χ0n) is 17.7. The Labute approximate surface area is 189 Å². The van der Waals surface area contributed by atoms with E-state index in [1.54, 1.807) is 62.6 Å². The number of anilines is 2. The number of methoxy groups -OCH3 is 1. The molecule has 32 heavy (non-hydrogen) atoms. The molecule has 166 valence electrons.